The van der Waals surface area contributed by atoms with Gasteiger partial charge in [-0.3, -0.25) is 4.79 Å². The molecule has 0 aromatic heterocycles. The van der Waals surface area contributed by atoms with Crippen LogP contribution in [0.2, 0.25) is 0 Å². The Morgan fingerprint density at radius 3 is 2.48 bits per heavy atom. The van der Waals surface area contributed by atoms with Crippen molar-refractivity contribution in [3.63, 3.8) is 0 Å². The molecule has 0 aliphatic heterocycles. The number of rotatable bonds is 6. The van der Waals surface area contributed by atoms with Gasteiger partial charge in [0.1, 0.15) is 5.75 Å². The summed E-state index contributed by atoms with van der Waals surface area (Å²) in [5.74, 6) is 0.698. The summed E-state index contributed by atoms with van der Waals surface area (Å²) in [7, 11) is 0. The third kappa shape index (κ3) is 4.59. The Bertz CT molecular complexity index is 652. The van der Waals surface area contributed by atoms with E-state index >= 15 is 0 Å². The topological polar surface area (TPSA) is 38.3 Å². The maximum Gasteiger partial charge on any atom is 0.261 e. The second-order valence-corrected chi connectivity index (χ2v) is 5.92. The van der Waals surface area contributed by atoms with Gasteiger partial charge in [0.15, 0.2) is 6.10 Å². The summed E-state index contributed by atoms with van der Waals surface area (Å²) in [6.07, 6.45) is 0.141. The van der Waals surface area contributed by atoms with Crippen molar-refractivity contribution in [1.29, 1.82) is 0 Å². The minimum absolute atomic E-state index is 0.0417. The van der Waals surface area contributed by atoms with Crippen LogP contribution < -0.4 is 10.1 Å². The molecule has 0 radical (unpaired) electrons. The smallest absolute Gasteiger partial charge is 0.261 e. The van der Waals surface area contributed by atoms with Gasteiger partial charge in [-0.25, -0.2) is 0 Å². The lowest BCUT2D eigenvalue weighted by atomic mass is 10.1. The molecule has 2 rings (SSSR count). The fraction of sp³-hybridized carbons (Fsp3) is 0.350. The van der Waals surface area contributed by atoms with E-state index in [2.05, 4.69) is 5.32 Å². The molecule has 3 nitrogen and oxygen atoms in total. The Hall–Kier alpha value is -2.29. The Morgan fingerprint density at radius 2 is 1.83 bits per heavy atom. The predicted molar refractivity (Wildman–Crippen MR) is 93.6 cm³/mol. The van der Waals surface area contributed by atoms with Gasteiger partial charge in [0.05, 0.1) is 6.04 Å². The highest BCUT2D eigenvalue weighted by Crippen LogP contribution is 2.21. The zero-order valence-electron chi connectivity index (χ0n) is 14.3. The maximum atomic E-state index is 12.5. The molecule has 0 aliphatic rings. The number of benzene rings is 2. The standard InChI is InChI=1S/C20H25NO2/c1-5-18(23-19-13-14(2)11-12-15(19)3)20(22)21-16(4)17-9-7-6-8-10-17/h6-13,16,18H,5H2,1-4H3,(H,21,22)/t16-,18-/m1/s1. The minimum atomic E-state index is -0.485. The van der Waals surface area contributed by atoms with E-state index in [0.29, 0.717) is 6.42 Å². The molecule has 3 heteroatoms. The number of carbonyl (C=O) groups excluding carboxylic acids is 1. The monoisotopic (exact) mass is 311 g/mol. The Balaban J connectivity index is 2.05. The first-order valence-electron chi connectivity index (χ1n) is 8.10. The number of aryl methyl sites for hydroxylation is 2. The highest BCUT2D eigenvalue weighted by atomic mass is 16.5. The molecule has 0 bridgehead atoms. The second kappa shape index (κ2) is 7.82. The lowest BCUT2D eigenvalue weighted by molar-refractivity contribution is -0.128. The van der Waals surface area contributed by atoms with Gasteiger partial charge >= 0.3 is 0 Å². The SMILES string of the molecule is CC[C@@H](Oc1cc(C)ccc1C)C(=O)N[C@H](C)c1ccccc1. The molecule has 2 aromatic carbocycles. The molecule has 0 saturated carbocycles. The minimum Gasteiger partial charge on any atom is -0.480 e. The molecule has 0 saturated heterocycles. The highest BCUT2D eigenvalue weighted by Gasteiger charge is 2.21. The van der Waals surface area contributed by atoms with Crippen LogP contribution in [0.5, 0.6) is 5.75 Å². The van der Waals surface area contributed by atoms with Crippen LogP contribution >= 0.6 is 0 Å². The van der Waals surface area contributed by atoms with Crippen molar-refractivity contribution < 1.29 is 9.53 Å². The summed E-state index contributed by atoms with van der Waals surface area (Å²) in [4.78, 5) is 12.5. The number of nitrogens with one attached hydrogen (secondary N) is 1. The third-order valence-electron chi connectivity index (χ3n) is 3.93. The molecule has 1 N–H and O–H groups in total. The maximum absolute atomic E-state index is 12.5. The van der Waals surface area contributed by atoms with E-state index in [0.717, 1.165) is 22.4 Å². The number of ether oxygens (including phenoxy) is 1. The van der Waals surface area contributed by atoms with E-state index in [9.17, 15) is 4.79 Å². The molecule has 23 heavy (non-hydrogen) atoms. The van der Waals surface area contributed by atoms with E-state index < -0.39 is 6.10 Å². The van der Waals surface area contributed by atoms with Crippen molar-refractivity contribution in [3.8, 4) is 5.75 Å². The van der Waals surface area contributed by atoms with Gasteiger partial charge in [-0.05, 0) is 49.9 Å². The Kier molecular flexibility index (Phi) is 5.80. The average Bonchev–Trinajstić information content (AvgIpc) is 2.56. The Morgan fingerprint density at radius 1 is 1.13 bits per heavy atom. The van der Waals surface area contributed by atoms with Crippen molar-refractivity contribution in [2.45, 2.75) is 46.3 Å². The highest BCUT2D eigenvalue weighted by molar-refractivity contribution is 5.81. The Labute approximate surface area is 138 Å². The van der Waals surface area contributed by atoms with Crippen molar-refractivity contribution >= 4 is 5.91 Å². The second-order valence-electron chi connectivity index (χ2n) is 5.92. The number of amides is 1. The van der Waals surface area contributed by atoms with E-state index in [1.54, 1.807) is 0 Å². The summed E-state index contributed by atoms with van der Waals surface area (Å²) in [6, 6.07) is 15.9. The van der Waals surface area contributed by atoms with Gasteiger partial charge in [-0.1, -0.05) is 49.4 Å². The normalized spacial score (nSPS) is 13.2. The molecular weight excluding hydrogens is 286 g/mol. The van der Waals surface area contributed by atoms with Crippen LogP contribution in [-0.4, -0.2) is 12.0 Å². The van der Waals surface area contributed by atoms with E-state index in [1.807, 2.05) is 76.2 Å². The molecular formula is C20H25NO2. The molecule has 0 heterocycles. The number of hydrogen-bond acceptors (Lipinski definition) is 2. The van der Waals surface area contributed by atoms with Gasteiger partial charge in [0, 0.05) is 0 Å². The molecule has 0 fully saturated rings. The van der Waals surface area contributed by atoms with Crippen molar-refractivity contribution in [3.05, 3.63) is 65.2 Å². The van der Waals surface area contributed by atoms with Crippen LogP contribution in [0.1, 0.15) is 43.0 Å². The lowest BCUT2D eigenvalue weighted by Crippen LogP contribution is -2.39. The summed E-state index contributed by atoms with van der Waals surface area (Å²) < 4.78 is 5.96. The third-order valence-corrected chi connectivity index (χ3v) is 3.93. The zero-order valence-corrected chi connectivity index (χ0v) is 14.3. The first-order valence-corrected chi connectivity index (χ1v) is 8.10. The van der Waals surface area contributed by atoms with Gasteiger partial charge < -0.3 is 10.1 Å². The molecule has 0 spiro atoms. The van der Waals surface area contributed by atoms with Crippen molar-refractivity contribution in [2.24, 2.45) is 0 Å². The van der Waals surface area contributed by atoms with Crippen LogP contribution in [0, 0.1) is 13.8 Å². The van der Waals surface area contributed by atoms with Crippen molar-refractivity contribution in [2.75, 3.05) is 0 Å². The van der Waals surface area contributed by atoms with Gasteiger partial charge in [0.25, 0.3) is 5.91 Å². The first kappa shape index (κ1) is 17.1. The van der Waals surface area contributed by atoms with Crippen LogP contribution in [-0.2, 0) is 4.79 Å². The quantitative estimate of drug-likeness (QED) is 0.862. The molecule has 1 amide bonds. The molecule has 2 aromatic rings. The van der Waals surface area contributed by atoms with Crippen molar-refractivity contribution in [1.82, 2.24) is 5.32 Å². The fourth-order valence-electron chi connectivity index (χ4n) is 2.44. The predicted octanol–water partition coefficient (Wildman–Crippen LogP) is 4.34. The molecule has 2 atom stereocenters. The zero-order chi connectivity index (χ0) is 16.8. The van der Waals surface area contributed by atoms with Crippen LogP contribution in [0.25, 0.3) is 0 Å². The average molecular weight is 311 g/mol. The summed E-state index contributed by atoms with van der Waals surface area (Å²) in [5, 5.41) is 3.04. The first-order chi connectivity index (χ1) is 11.0. The van der Waals surface area contributed by atoms with Crippen LogP contribution in [0.4, 0.5) is 0 Å². The fourth-order valence-corrected chi connectivity index (χ4v) is 2.44. The van der Waals surface area contributed by atoms with E-state index in [1.165, 1.54) is 0 Å². The largest absolute Gasteiger partial charge is 0.480 e. The van der Waals surface area contributed by atoms with E-state index in [4.69, 9.17) is 4.74 Å². The van der Waals surface area contributed by atoms with Gasteiger partial charge in [-0.15, -0.1) is 0 Å². The summed E-state index contributed by atoms with van der Waals surface area (Å²) >= 11 is 0. The number of hydrogen-bond donors (Lipinski definition) is 1. The van der Waals surface area contributed by atoms with Crippen LogP contribution in [0.3, 0.4) is 0 Å². The molecule has 0 unspecified atom stereocenters. The molecule has 122 valence electrons. The van der Waals surface area contributed by atoms with Gasteiger partial charge in [0.2, 0.25) is 0 Å². The summed E-state index contributed by atoms with van der Waals surface area (Å²) in [6.45, 7) is 7.96. The number of carbonyl (C=O) groups is 1. The lowest BCUT2D eigenvalue weighted by Gasteiger charge is -2.21. The summed E-state index contributed by atoms with van der Waals surface area (Å²) in [5.41, 5.74) is 3.25. The van der Waals surface area contributed by atoms with E-state index in [-0.39, 0.29) is 11.9 Å². The van der Waals surface area contributed by atoms with Crippen LogP contribution in [0.15, 0.2) is 48.5 Å². The van der Waals surface area contributed by atoms with Gasteiger partial charge in [-0.2, -0.15) is 0 Å². The molecule has 0 aliphatic carbocycles.